The van der Waals surface area contributed by atoms with Crippen LogP contribution in [0.1, 0.15) is 17.4 Å². The second kappa shape index (κ2) is 9.28. The van der Waals surface area contributed by atoms with Gasteiger partial charge in [0.25, 0.3) is 0 Å². The van der Waals surface area contributed by atoms with E-state index in [0.717, 1.165) is 15.2 Å². The van der Waals surface area contributed by atoms with Crippen molar-refractivity contribution in [1.82, 2.24) is 8.10 Å². The van der Waals surface area contributed by atoms with Gasteiger partial charge in [0.2, 0.25) is 0 Å². The van der Waals surface area contributed by atoms with E-state index in [1.807, 2.05) is 0 Å². The molecule has 164 valence electrons. The maximum absolute atomic E-state index is 14.3. The summed E-state index contributed by atoms with van der Waals surface area (Å²) in [4.78, 5) is 25.8. The standard InChI is InChI=1S/C16H16FI2N2O8P/c1-21(18)15(22)27-13-5-4-11(7-12(13)17)14-28-19(24,25)16(23,30(26)29-14)8-10-3-2-6-20-9-10/h2-7,9,14,23,26H,8H2,1H3,(H,24,25). The third-order valence-corrected chi connectivity index (χ3v) is 11.8. The second-order valence-corrected chi connectivity index (χ2v) is 14.6. The van der Waals surface area contributed by atoms with Crippen LogP contribution in [0.3, 0.4) is 0 Å². The quantitative estimate of drug-likeness (QED) is 0.194. The number of alkyl halides is 1. The van der Waals surface area contributed by atoms with Crippen LogP contribution < -0.4 is 4.74 Å². The summed E-state index contributed by atoms with van der Waals surface area (Å²) in [6.07, 6.45) is 0.0275. The molecule has 1 aromatic heterocycles. The molecule has 30 heavy (non-hydrogen) atoms. The first-order valence-corrected chi connectivity index (χ1v) is 14.1. The van der Waals surface area contributed by atoms with Crippen LogP contribution in [0, 0.1) is 5.82 Å². The molecule has 1 aliphatic heterocycles. The molecule has 1 aliphatic rings. The fraction of sp³-hybridized carbons (Fsp3) is 0.250. The van der Waals surface area contributed by atoms with Gasteiger partial charge in [0.15, 0.2) is 0 Å². The van der Waals surface area contributed by atoms with Crippen molar-refractivity contribution in [2.45, 2.75) is 16.1 Å². The Morgan fingerprint density at radius 3 is 2.80 bits per heavy atom. The Kier molecular flexibility index (Phi) is 7.33. The normalized spacial score (nSPS) is 30.9. The van der Waals surface area contributed by atoms with E-state index < -0.39 is 55.6 Å². The van der Waals surface area contributed by atoms with Gasteiger partial charge in [-0.2, -0.15) is 0 Å². The molecule has 14 heteroatoms. The van der Waals surface area contributed by atoms with Gasteiger partial charge in [0.05, 0.1) is 0 Å². The summed E-state index contributed by atoms with van der Waals surface area (Å²) >= 11 is -4.05. The average Bonchev–Trinajstić information content (AvgIpc) is 2.68. The van der Waals surface area contributed by atoms with Gasteiger partial charge in [-0.1, -0.05) is 0 Å². The zero-order chi connectivity index (χ0) is 22.1. The van der Waals surface area contributed by atoms with Gasteiger partial charge in [-0.3, -0.25) is 0 Å². The van der Waals surface area contributed by atoms with Crippen LogP contribution in [0.4, 0.5) is 9.18 Å². The Balaban J connectivity index is 1.81. The van der Waals surface area contributed by atoms with Gasteiger partial charge < -0.3 is 0 Å². The molecule has 0 saturated carbocycles. The summed E-state index contributed by atoms with van der Waals surface area (Å²) in [5.74, 6) is -1.33. The molecule has 10 nitrogen and oxygen atoms in total. The summed E-state index contributed by atoms with van der Waals surface area (Å²) in [6.45, 7) is 0. The summed E-state index contributed by atoms with van der Waals surface area (Å²) in [6, 6.07) is 6.36. The molecule has 1 saturated heterocycles. The first-order valence-electron chi connectivity index (χ1n) is 8.10. The van der Waals surface area contributed by atoms with E-state index >= 15 is 0 Å². The molecule has 0 bridgehead atoms. The van der Waals surface area contributed by atoms with Crippen LogP contribution >= 0.6 is 50.5 Å². The molecule has 4 unspecified atom stereocenters. The number of hydrogen-bond acceptors (Lipinski definition) is 8. The van der Waals surface area contributed by atoms with Gasteiger partial charge in [-0.05, 0) is 0 Å². The van der Waals surface area contributed by atoms with Crippen LogP contribution in [0.15, 0.2) is 42.7 Å². The second-order valence-electron chi connectivity index (χ2n) is 6.03. The van der Waals surface area contributed by atoms with Crippen LogP contribution in [-0.4, -0.2) is 38.0 Å². The Labute approximate surface area is 190 Å². The van der Waals surface area contributed by atoms with Crippen molar-refractivity contribution in [3.8, 4) is 5.75 Å². The number of halogens is 3. The van der Waals surface area contributed by atoms with Crippen molar-refractivity contribution in [2.24, 2.45) is 0 Å². The molecule has 1 amide bonds. The molecule has 3 N–H and O–H groups in total. The van der Waals surface area contributed by atoms with E-state index in [2.05, 4.69) is 4.98 Å². The zero-order valence-corrected chi connectivity index (χ0v) is 20.4. The predicted molar refractivity (Wildman–Crippen MR) is 118 cm³/mol. The third kappa shape index (κ3) is 4.93. The zero-order valence-electron chi connectivity index (χ0n) is 15.2. The fourth-order valence-corrected chi connectivity index (χ4v) is 8.19. The van der Waals surface area contributed by atoms with Crippen molar-refractivity contribution < 1.29 is 38.0 Å². The van der Waals surface area contributed by atoms with Crippen LogP contribution in [-0.2, 0) is 17.1 Å². The number of aliphatic hydroxyl groups is 1. The molecule has 1 fully saturated rings. The summed E-state index contributed by atoms with van der Waals surface area (Å²) in [7, 11) is -1.43. The van der Waals surface area contributed by atoms with E-state index in [9.17, 15) is 25.7 Å². The van der Waals surface area contributed by atoms with Crippen molar-refractivity contribution in [1.29, 1.82) is 0 Å². The molecular weight excluding hydrogens is 652 g/mol. The third-order valence-electron chi connectivity index (χ3n) is 3.90. The van der Waals surface area contributed by atoms with Crippen LogP contribution in [0.5, 0.6) is 5.75 Å². The van der Waals surface area contributed by atoms with Crippen molar-refractivity contribution >= 4 is 56.6 Å². The van der Waals surface area contributed by atoms with Gasteiger partial charge in [0, 0.05) is 0 Å². The number of benzene rings is 1. The number of carbonyl (C=O) groups is 1. The van der Waals surface area contributed by atoms with Gasteiger partial charge in [-0.25, -0.2) is 0 Å². The Morgan fingerprint density at radius 1 is 1.50 bits per heavy atom. The Bertz CT molecular complexity index is 985. The number of pyridine rings is 1. The number of hydrogen-bond donors (Lipinski definition) is 3. The molecule has 2 heterocycles. The molecular formula is C16H16FI2N2O8P. The number of ether oxygens (including phenoxy) is 1. The summed E-state index contributed by atoms with van der Waals surface area (Å²) in [5.41, 5.74) is 0.348. The number of nitrogens with zero attached hydrogens (tertiary/aromatic N) is 2. The van der Waals surface area contributed by atoms with E-state index in [4.69, 9.17) is 12.3 Å². The molecule has 0 radical (unpaired) electrons. The average molecular weight is 668 g/mol. The number of carbonyl (C=O) groups excluding carboxylic acids is 1. The monoisotopic (exact) mass is 668 g/mol. The molecule has 0 aliphatic carbocycles. The van der Waals surface area contributed by atoms with Gasteiger partial charge in [-0.15, -0.1) is 0 Å². The Hall–Kier alpha value is -0.940. The summed E-state index contributed by atoms with van der Waals surface area (Å²) < 4.78 is 51.2. The SMILES string of the molecule is CN(I)C(=O)Oc1ccc(C2OP(O)C(O)(Cc3cccnc3)I(=O)(O)O2)cc1F. The van der Waals surface area contributed by atoms with Gasteiger partial charge in [0.1, 0.15) is 0 Å². The molecule has 2 aromatic rings. The minimum absolute atomic E-state index is 0.0435. The van der Waals surface area contributed by atoms with Crippen LogP contribution in [0.25, 0.3) is 0 Å². The number of aromatic nitrogens is 1. The number of rotatable bonds is 4. The summed E-state index contributed by atoms with van der Waals surface area (Å²) in [5, 5.41) is 10.7. The number of amides is 1. The Morgan fingerprint density at radius 2 is 2.23 bits per heavy atom. The molecule has 0 spiro atoms. The van der Waals surface area contributed by atoms with Crippen molar-refractivity contribution in [2.75, 3.05) is 7.05 Å². The van der Waals surface area contributed by atoms with E-state index in [1.165, 1.54) is 25.5 Å². The first-order chi connectivity index (χ1) is 14.0. The minimum atomic E-state index is -5.70. The fourth-order valence-electron chi connectivity index (χ4n) is 2.39. The van der Waals surface area contributed by atoms with E-state index in [1.54, 1.807) is 35.0 Å². The first kappa shape index (κ1) is 23.7. The van der Waals surface area contributed by atoms with Crippen molar-refractivity contribution in [3.05, 3.63) is 59.7 Å². The molecule has 1 aromatic carbocycles. The van der Waals surface area contributed by atoms with Crippen LogP contribution in [0.2, 0.25) is 0 Å². The maximum atomic E-state index is 14.3. The molecule has 3 rings (SSSR count). The molecule has 4 atom stereocenters. The van der Waals surface area contributed by atoms with E-state index in [-0.39, 0.29) is 11.3 Å². The van der Waals surface area contributed by atoms with E-state index in [0.29, 0.717) is 5.56 Å². The van der Waals surface area contributed by atoms with Crippen molar-refractivity contribution in [3.63, 3.8) is 0 Å². The van der Waals surface area contributed by atoms with Gasteiger partial charge >= 0.3 is 191 Å². The predicted octanol–water partition coefficient (Wildman–Crippen LogP) is 3.45. The topological polar surface area (TPSA) is 139 Å².